The second kappa shape index (κ2) is 8.31. The first-order valence-electron chi connectivity index (χ1n) is 6.94. The van der Waals surface area contributed by atoms with Gasteiger partial charge in [0.1, 0.15) is 0 Å². The fourth-order valence-corrected chi connectivity index (χ4v) is 1.80. The van der Waals surface area contributed by atoms with Crippen molar-refractivity contribution < 1.29 is 14.8 Å². The van der Waals surface area contributed by atoms with E-state index in [9.17, 15) is 9.59 Å². The molecule has 23 heavy (non-hydrogen) atoms. The quantitative estimate of drug-likeness (QED) is 0.451. The average Bonchev–Trinajstić information content (AvgIpc) is 2.59. The lowest BCUT2D eigenvalue weighted by Crippen LogP contribution is -2.14. The summed E-state index contributed by atoms with van der Waals surface area (Å²) in [6.45, 7) is 0. The Balaban J connectivity index is 1.93. The van der Waals surface area contributed by atoms with E-state index >= 15 is 0 Å². The molecule has 0 fully saturated rings. The molecule has 0 aliphatic rings. The lowest BCUT2D eigenvalue weighted by Gasteiger charge is -2.00. The molecule has 0 aliphatic heterocycles. The molecule has 0 radical (unpaired) electrons. The second-order valence-electron chi connectivity index (χ2n) is 4.66. The van der Waals surface area contributed by atoms with E-state index < -0.39 is 5.91 Å². The van der Waals surface area contributed by atoms with Crippen LogP contribution in [-0.4, -0.2) is 17.0 Å². The van der Waals surface area contributed by atoms with E-state index in [0.29, 0.717) is 0 Å². The first kappa shape index (κ1) is 16.2. The number of carbonyl (C=O) groups is 2. The van der Waals surface area contributed by atoms with Crippen molar-refractivity contribution in [1.82, 2.24) is 5.48 Å². The smallest absolute Gasteiger partial charge is 0.267 e. The molecule has 5 nitrogen and oxygen atoms in total. The largest absolute Gasteiger partial charge is 0.323 e. The van der Waals surface area contributed by atoms with E-state index in [1.54, 1.807) is 24.3 Å². The predicted octanol–water partition coefficient (Wildman–Crippen LogP) is 2.86. The highest BCUT2D eigenvalue weighted by Gasteiger charge is 1.97. The number of hydrogen-bond donors (Lipinski definition) is 3. The van der Waals surface area contributed by atoms with Crippen LogP contribution in [0.2, 0.25) is 0 Å². The van der Waals surface area contributed by atoms with Gasteiger partial charge in [-0.2, -0.15) is 0 Å². The number of nitrogens with one attached hydrogen (secondary N) is 2. The van der Waals surface area contributed by atoms with E-state index in [1.165, 1.54) is 17.6 Å². The molecule has 116 valence electrons. The van der Waals surface area contributed by atoms with Gasteiger partial charge in [-0.3, -0.25) is 14.8 Å². The molecule has 0 heterocycles. The van der Waals surface area contributed by atoms with Gasteiger partial charge in [0.25, 0.3) is 5.91 Å². The summed E-state index contributed by atoms with van der Waals surface area (Å²) in [5.41, 5.74) is 3.92. The average molecular weight is 308 g/mol. The molecule has 2 aromatic carbocycles. The van der Waals surface area contributed by atoms with Gasteiger partial charge in [0.05, 0.1) is 0 Å². The van der Waals surface area contributed by atoms with Gasteiger partial charge in [-0.15, -0.1) is 0 Å². The number of para-hydroxylation sites is 1. The van der Waals surface area contributed by atoms with Crippen molar-refractivity contribution in [3.8, 4) is 0 Å². The van der Waals surface area contributed by atoms with Gasteiger partial charge in [0.2, 0.25) is 5.91 Å². The summed E-state index contributed by atoms with van der Waals surface area (Å²) in [5, 5.41) is 11.1. The monoisotopic (exact) mass is 308 g/mol. The number of hydrogen-bond acceptors (Lipinski definition) is 3. The fraction of sp³-hybridized carbons (Fsp3) is 0. The molecule has 0 aromatic heterocycles. The molecule has 0 aliphatic carbocycles. The van der Waals surface area contributed by atoms with Crippen LogP contribution in [0.25, 0.3) is 12.2 Å². The van der Waals surface area contributed by atoms with E-state index in [1.807, 2.05) is 42.5 Å². The van der Waals surface area contributed by atoms with Crippen molar-refractivity contribution in [2.24, 2.45) is 0 Å². The maximum Gasteiger partial charge on any atom is 0.267 e. The Morgan fingerprint density at radius 1 is 0.783 bits per heavy atom. The number of benzene rings is 2. The summed E-state index contributed by atoms with van der Waals surface area (Å²) in [4.78, 5) is 22.7. The SMILES string of the molecule is O=C(/C=C/c1ccc(/C=C/C(=O)Nc2ccccc2)cc1)NO. The molecule has 5 heteroatoms. The molecule has 0 unspecified atom stereocenters. The van der Waals surface area contributed by atoms with Crippen LogP contribution in [0.3, 0.4) is 0 Å². The Kier molecular flexibility index (Phi) is 5.85. The Labute approximate surface area is 133 Å². The Hall–Kier alpha value is -3.18. The van der Waals surface area contributed by atoms with Gasteiger partial charge in [-0.1, -0.05) is 42.5 Å². The van der Waals surface area contributed by atoms with Crippen LogP contribution in [0, 0.1) is 0 Å². The van der Waals surface area contributed by atoms with Crippen LogP contribution in [-0.2, 0) is 9.59 Å². The molecule has 0 bridgehead atoms. The molecule has 0 saturated carbocycles. The zero-order chi connectivity index (χ0) is 16.5. The summed E-state index contributed by atoms with van der Waals surface area (Å²) in [6, 6.07) is 16.5. The van der Waals surface area contributed by atoms with Crippen molar-refractivity contribution in [3.63, 3.8) is 0 Å². The Morgan fingerprint density at radius 3 is 1.83 bits per heavy atom. The summed E-state index contributed by atoms with van der Waals surface area (Å²) in [7, 11) is 0. The lowest BCUT2D eigenvalue weighted by molar-refractivity contribution is -0.124. The van der Waals surface area contributed by atoms with E-state index in [-0.39, 0.29) is 5.91 Å². The third-order valence-corrected chi connectivity index (χ3v) is 2.94. The van der Waals surface area contributed by atoms with Crippen LogP contribution >= 0.6 is 0 Å². The highest BCUT2D eigenvalue weighted by molar-refractivity contribution is 6.01. The molecule has 3 N–H and O–H groups in total. The number of rotatable bonds is 5. The molecule has 2 rings (SSSR count). The summed E-state index contributed by atoms with van der Waals surface area (Å²) in [5.74, 6) is -0.800. The van der Waals surface area contributed by atoms with Crippen molar-refractivity contribution in [2.45, 2.75) is 0 Å². The fourth-order valence-electron chi connectivity index (χ4n) is 1.80. The Morgan fingerprint density at radius 2 is 1.30 bits per heavy atom. The van der Waals surface area contributed by atoms with Gasteiger partial charge in [-0.25, -0.2) is 5.48 Å². The summed E-state index contributed by atoms with van der Waals surface area (Å²) in [6.07, 6.45) is 5.95. The first-order chi connectivity index (χ1) is 11.2. The highest BCUT2D eigenvalue weighted by Crippen LogP contribution is 2.09. The van der Waals surface area contributed by atoms with Crippen molar-refractivity contribution >= 4 is 29.7 Å². The van der Waals surface area contributed by atoms with Crippen molar-refractivity contribution in [1.29, 1.82) is 0 Å². The van der Waals surface area contributed by atoms with E-state index in [0.717, 1.165) is 16.8 Å². The number of hydroxylamine groups is 1. The maximum absolute atomic E-state index is 11.8. The second-order valence-corrected chi connectivity index (χ2v) is 4.66. The molecule has 0 spiro atoms. The Bertz CT molecular complexity index is 720. The van der Waals surface area contributed by atoms with Gasteiger partial charge in [0.15, 0.2) is 0 Å². The third kappa shape index (κ3) is 5.61. The zero-order valence-electron chi connectivity index (χ0n) is 12.3. The van der Waals surface area contributed by atoms with Crippen LogP contribution in [0.15, 0.2) is 66.7 Å². The molecular weight excluding hydrogens is 292 g/mol. The van der Waals surface area contributed by atoms with E-state index in [4.69, 9.17) is 5.21 Å². The molecule has 0 saturated heterocycles. The minimum Gasteiger partial charge on any atom is -0.323 e. The molecular formula is C18H16N2O3. The van der Waals surface area contributed by atoms with Crippen LogP contribution in [0.5, 0.6) is 0 Å². The van der Waals surface area contributed by atoms with Crippen LogP contribution in [0.1, 0.15) is 11.1 Å². The van der Waals surface area contributed by atoms with Gasteiger partial charge in [-0.05, 0) is 35.4 Å². The van der Waals surface area contributed by atoms with Gasteiger partial charge < -0.3 is 5.32 Å². The maximum atomic E-state index is 11.8. The van der Waals surface area contributed by atoms with E-state index in [2.05, 4.69) is 5.32 Å². The standard InChI is InChI=1S/C18H16N2O3/c21-17(19-16-4-2-1-3-5-16)12-10-14-6-8-15(9-7-14)11-13-18(22)20-23/h1-13,23H,(H,19,21)(H,20,22)/b12-10+,13-11+. The lowest BCUT2D eigenvalue weighted by atomic mass is 10.1. The number of amides is 2. The van der Waals surface area contributed by atoms with Crippen LogP contribution in [0.4, 0.5) is 5.69 Å². The first-order valence-corrected chi connectivity index (χ1v) is 6.94. The van der Waals surface area contributed by atoms with Crippen molar-refractivity contribution in [3.05, 3.63) is 77.9 Å². The highest BCUT2D eigenvalue weighted by atomic mass is 16.5. The molecule has 2 amide bonds. The third-order valence-electron chi connectivity index (χ3n) is 2.94. The van der Waals surface area contributed by atoms with Crippen LogP contribution < -0.4 is 10.8 Å². The minimum absolute atomic E-state index is 0.209. The summed E-state index contributed by atoms with van der Waals surface area (Å²) >= 11 is 0. The molecule has 2 aromatic rings. The molecule has 0 atom stereocenters. The summed E-state index contributed by atoms with van der Waals surface area (Å²) < 4.78 is 0. The van der Waals surface area contributed by atoms with Gasteiger partial charge >= 0.3 is 0 Å². The zero-order valence-corrected chi connectivity index (χ0v) is 12.3. The minimum atomic E-state index is -0.591. The normalized spacial score (nSPS) is 10.8. The van der Waals surface area contributed by atoms with Crippen molar-refractivity contribution in [2.75, 3.05) is 5.32 Å². The van der Waals surface area contributed by atoms with Gasteiger partial charge in [0, 0.05) is 17.8 Å². The topological polar surface area (TPSA) is 78.4 Å². The predicted molar refractivity (Wildman–Crippen MR) is 89.5 cm³/mol. The number of anilines is 1. The number of carbonyl (C=O) groups excluding carboxylic acids is 2.